The molecule has 2 rings (SSSR count). The second-order valence-corrected chi connectivity index (χ2v) is 5.99. The number of aryl methyl sites for hydroxylation is 2. The Kier molecular flexibility index (Phi) is 5.41. The number of amides is 1. The molecule has 0 bridgehead atoms. The molecule has 1 unspecified atom stereocenters. The Morgan fingerprint density at radius 2 is 1.68 bits per heavy atom. The highest BCUT2D eigenvalue weighted by Crippen LogP contribution is 2.23. The second kappa shape index (κ2) is 7.34. The van der Waals surface area contributed by atoms with E-state index in [4.69, 9.17) is 4.74 Å². The van der Waals surface area contributed by atoms with Crippen molar-refractivity contribution in [2.75, 3.05) is 6.61 Å². The molecule has 0 aliphatic carbocycles. The van der Waals surface area contributed by atoms with Gasteiger partial charge in [0.05, 0.1) is 0 Å². The van der Waals surface area contributed by atoms with Crippen molar-refractivity contribution in [2.24, 2.45) is 0 Å². The molecule has 0 heterocycles. The van der Waals surface area contributed by atoms with Crippen molar-refractivity contribution in [3.63, 3.8) is 0 Å². The van der Waals surface area contributed by atoms with Crippen molar-refractivity contribution in [1.82, 2.24) is 5.32 Å². The van der Waals surface area contributed by atoms with Crippen molar-refractivity contribution in [3.8, 4) is 5.75 Å². The lowest BCUT2D eigenvalue weighted by Crippen LogP contribution is -2.51. The molecular formula is C19H20FNO4. The van der Waals surface area contributed by atoms with E-state index in [2.05, 4.69) is 5.32 Å². The van der Waals surface area contributed by atoms with Gasteiger partial charge in [-0.25, -0.2) is 9.18 Å². The van der Waals surface area contributed by atoms with Crippen LogP contribution in [0.15, 0.2) is 42.5 Å². The second-order valence-electron chi connectivity index (χ2n) is 5.99. The van der Waals surface area contributed by atoms with E-state index in [0.29, 0.717) is 5.75 Å². The predicted molar refractivity (Wildman–Crippen MR) is 90.9 cm³/mol. The number of rotatable bonds is 6. The number of carboxylic acids is 1. The van der Waals surface area contributed by atoms with Crippen LogP contribution in [0.5, 0.6) is 5.75 Å². The molecule has 0 aromatic heterocycles. The third kappa shape index (κ3) is 4.15. The molecule has 6 heteroatoms. The van der Waals surface area contributed by atoms with Crippen molar-refractivity contribution >= 4 is 11.9 Å². The van der Waals surface area contributed by atoms with Crippen molar-refractivity contribution < 1.29 is 23.8 Å². The van der Waals surface area contributed by atoms with Crippen LogP contribution in [-0.4, -0.2) is 23.6 Å². The molecule has 25 heavy (non-hydrogen) atoms. The van der Waals surface area contributed by atoms with Crippen LogP contribution in [0.3, 0.4) is 0 Å². The molecule has 0 aliphatic heterocycles. The zero-order valence-corrected chi connectivity index (χ0v) is 14.3. The summed E-state index contributed by atoms with van der Waals surface area (Å²) >= 11 is 0. The fraction of sp³-hybridized carbons (Fsp3) is 0.263. The third-order valence-electron chi connectivity index (χ3n) is 4.00. The van der Waals surface area contributed by atoms with Gasteiger partial charge in [-0.1, -0.05) is 30.3 Å². The number of nitrogens with one attached hydrogen (secondary N) is 1. The highest BCUT2D eigenvalue weighted by molar-refractivity contribution is 5.88. The first-order valence-electron chi connectivity index (χ1n) is 7.73. The predicted octanol–water partition coefficient (Wildman–Crippen LogP) is 2.94. The van der Waals surface area contributed by atoms with Crippen LogP contribution in [0.4, 0.5) is 4.39 Å². The largest absolute Gasteiger partial charge is 0.483 e. The average Bonchev–Trinajstić information content (AvgIpc) is 2.54. The zero-order chi connectivity index (χ0) is 18.6. The van der Waals surface area contributed by atoms with Crippen molar-refractivity contribution in [2.45, 2.75) is 26.3 Å². The third-order valence-corrected chi connectivity index (χ3v) is 4.00. The van der Waals surface area contributed by atoms with E-state index in [0.717, 1.165) is 23.3 Å². The van der Waals surface area contributed by atoms with Crippen LogP contribution < -0.4 is 10.1 Å². The Labute approximate surface area is 145 Å². The molecule has 2 aromatic carbocycles. The van der Waals surface area contributed by atoms with Gasteiger partial charge in [0.15, 0.2) is 12.1 Å². The molecule has 2 aromatic rings. The van der Waals surface area contributed by atoms with Crippen LogP contribution in [-0.2, 0) is 15.1 Å². The molecule has 0 saturated heterocycles. The number of hydrogen-bond donors (Lipinski definition) is 2. The van der Waals surface area contributed by atoms with E-state index < -0.39 is 23.2 Å². The van der Waals surface area contributed by atoms with Gasteiger partial charge in [0, 0.05) is 0 Å². The lowest BCUT2D eigenvalue weighted by Gasteiger charge is -2.27. The monoisotopic (exact) mass is 345 g/mol. The van der Waals surface area contributed by atoms with Crippen LogP contribution in [0.2, 0.25) is 0 Å². The van der Waals surface area contributed by atoms with Gasteiger partial charge in [-0.2, -0.15) is 0 Å². The van der Waals surface area contributed by atoms with E-state index in [1.54, 1.807) is 0 Å². The first-order valence-corrected chi connectivity index (χ1v) is 7.73. The molecule has 1 amide bonds. The topological polar surface area (TPSA) is 75.6 Å². The molecule has 0 saturated carbocycles. The molecule has 0 radical (unpaired) electrons. The van der Waals surface area contributed by atoms with E-state index >= 15 is 0 Å². The number of aliphatic carboxylic acids is 1. The molecular weight excluding hydrogens is 325 g/mol. The van der Waals surface area contributed by atoms with Gasteiger partial charge in [0.1, 0.15) is 11.6 Å². The minimum atomic E-state index is -1.69. The minimum absolute atomic E-state index is 0.266. The molecule has 132 valence electrons. The number of benzene rings is 2. The summed E-state index contributed by atoms with van der Waals surface area (Å²) in [5.41, 5.74) is 0.344. The fourth-order valence-electron chi connectivity index (χ4n) is 2.51. The summed E-state index contributed by atoms with van der Waals surface area (Å²) in [5.74, 6) is -1.73. The maximum atomic E-state index is 13.1. The van der Waals surface area contributed by atoms with E-state index in [1.165, 1.54) is 19.1 Å². The minimum Gasteiger partial charge on any atom is -0.483 e. The maximum Gasteiger partial charge on any atom is 0.333 e. The SMILES string of the molecule is Cc1cccc(C)c1OCC(=O)NC(C)(C(=O)O)c1ccc(F)cc1. The number of ether oxygens (including phenoxy) is 1. The number of para-hydroxylation sites is 1. The van der Waals surface area contributed by atoms with Crippen LogP contribution in [0.25, 0.3) is 0 Å². The van der Waals surface area contributed by atoms with E-state index in [-0.39, 0.29) is 12.2 Å². The summed E-state index contributed by atoms with van der Waals surface area (Å²) in [7, 11) is 0. The standard InChI is InChI=1S/C19H20FNO4/c1-12-5-4-6-13(2)17(12)25-11-16(22)21-19(3,18(23)24)14-7-9-15(20)10-8-14/h4-10H,11H2,1-3H3,(H,21,22)(H,23,24). The molecule has 0 fully saturated rings. The lowest BCUT2D eigenvalue weighted by atomic mass is 9.92. The van der Waals surface area contributed by atoms with Crippen molar-refractivity contribution in [3.05, 3.63) is 65.0 Å². The summed E-state index contributed by atoms with van der Waals surface area (Å²) in [5, 5.41) is 12.0. The Balaban J connectivity index is 2.13. The number of halogens is 1. The Bertz CT molecular complexity index is 768. The van der Waals surface area contributed by atoms with Gasteiger partial charge in [0.2, 0.25) is 0 Å². The van der Waals surface area contributed by atoms with Gasteiger partial charge in [-0.05, 0) is 49.6 Å². The lowest BCUT2D eigenvalue weighted by molar-refractivity contribution is -0.147. The fourth-order valence-corrected chi connectivity index (χ4v) is 2.51. The van der Waals surface area contributed by atoms with Gasteiger partial charge < -0.3 is 15.2 Å². The normalized spacial score (nSPS) is 13.0. The summed E-state index contributed by atoms with van der Waals surface area (Å²) in [6, 6.07) is 10.6. The van der Waals surface area contributed by atoms with Crippen LogP contribution in [0, 0.1) is 19.7 Å². The number of hydrogen-bond acceptors (Lipinski definition) is 3. The smallest absolute Gasteiger partial charge is 0.333 e. The van der Waals surface area contributed by atoms with Gasteiger partial charge in [-0.15, -0.1) is 0 Å². The van der Waals surface area contributed by atoms with E-state index in [1.807, 2.05) is 32.0 Å². The van der Waals surface area contributed by atoms with Gasteiger partial charge in [0.25, 0.3) is 5.91 Å². The summed E-state index contributed by atoms with van der Waals surface area (Å²) < 4.78 is 18.6. The highest BCUT2D eigenvalue weighted by Gasteiger charge is 2.37. The summed E-state index contributed by atoms with van der Waals surface area (Å²) in [4.78, 5) is 23.9. The Hall–Kier alpha value is -2.89. The van der Waals surface area contributed by atoms with Gasteiger partial charge in [-0.3, -0.25) is 4.79 Å². The molecule has 0 spiro atoms. The average molecular weight is 345 g/mol. The molecule has 1 atom stereocenters. The van der Waals surface area contributed by atoms with Crippen LogP contribution in [0.1, 0.15) is 23.6 Å². The van der Waals surface area contributed by atoms with Gasteiger partial charge >= 0.3 is 5.97 Å². The first-order chi connectivity index (χ1) is 11.7. The Morgan fingerprint density at radius 1 is 1.12 bits per heavy atom. The number of carbonyl (C=O) groups excluding carboxylic acids is 1. The van der Waals surface area contributed by atoms with Crippen molar-refractivity contribution in [1.29, 1.82) is 0 Å². The summed E-state index contributed by atoms with van der Waals surface area (Å²) in [6.07, 6.45) is 0. The quantitative estimate of drug-likeness (QED) is 0.844. The first kappa shape index (κ1) is 18.4. The summed E-state index contributed by atoms with van der Waals surface area (Å²) in [6.45, 7) is 4.75. The maximum absolute atomic E-state index is 13.1. The number of carbonyl (C=O) groups is 2. The number of carboxylic acid groups (broad SMARTS) is 1. The highest BCUT2D eigenvalue weighted by atomic mass is 19.1. The Morgan fingerprint density at radius 3 is 2.20 bits per heavy atom. The molecule has 5 nitrogen and oxygen atoms in total. The van der Waals surface area contributed by atoms with Crippen LogP contribution >= 0.6 is 0 Å². The zero-order valence-electron chi connectivity index (χ0n) is 14.3. The molecule has 2 N–H and O–H groups in total. The molecule has 0 aliphatic rings. The van der Waals surface area contributed by atoms with E-state index in [9.17, 15) is 19.1 Å².